The minimum Gasteiger partial charge on any atom is -0.361 e. The second-order valence-electron chi connectivity index (χ2n) is 4.50. The first kappa shape index (κ1) is 13.4. The molecule has 1 amide bonds. The van der Waals surface area contributed by atoms with E-state index >= 15 is 0 Å². The summed E-state index contributed by atoms with van der Waals surface area (Å²) in [5.74, 6) is 0.0371. The minimum atomic E-state index is 0.0371. The van der Waals surface area contributed by atoms with Gasteiger partial charge in [0.15, 0.2) is 0 Å². The highest BCUT2D eigenvalue weighted by atomic mass is 79.9. The zero-order valence-electron chi connectivity index (χ0n) is 10.7. The molecule has 102 valence electrons. The quantitative estimate of drug-likeness (QED) is 0.738. The number of carbonyl (C=O) groups excluding carboxylic acids is 1. The lowest BCUT2D eigenvalue weighted by Crippen LogP contribution is -2.24. The van der Waals surface area contributed by atoms with Crippen molar-refractivity contribution < 1.29 is 4.79 Å². The molecule has 3 aromatic rings. The number of hydrogen-bond acceptors (Lipinski definition) is 2. The van der Waals surface area contributed by atoms with Gasteiger partial charge in [0.05, 0.1) is 13.0 Å². The molecule has 0 aliphatic rings. The average molecular weight is 349 g/mol. The molecule has 0 radical (unpaired) electrons. The third kappa shape index (κ3) is 2.78. The van der Waals surface area contributed by atoms with Crippen LogP contribution in [0.4, 0.5) is 0 Å². The number of thiophene rings is 1. The van der Waals surface area contributed by atoms with Gasteiger partial charge in [0.25, 0.3) is 0 Å². The highest BCUT2D eigenvalue weighted by molar-refractivity contribution is 9.10. The molecule has 5 heteroatoms. The van der Waals surface area contributed by atoms with Crippen LogP contribution in [0.15, 0.2) is 46.4 Å². The molecule has 1 aromatic carbocycles. The van der Waals surface area contributed by atoms with Gasteiger partial charge < -0.3 is 10.3 Å². The fourth-order valence-electron chi connectivity index (χ4n) is 2.14. The van der Waals surface area contributed by atoms with E-state index in [1.54, 1.807) is 11.3 Å². The Hall–Kier alpha value is -1.59. The first-order valence-corrected chi connectivity index (χ1v) is 7.95. The van der Waals surface area contributed by atoms with E-state index in [0.29, 0.717) is 13.0 Å². The molecule has 3 nitrogen and oxygen atoms in total. The first-order valence-electron chi connectivity index (χ1n) is 6.27. The molecule has 3 rings (SSSR count). The Bertz CT molecular complexity index is 747. The van der Waals surface area contributed by atoms with E-state index in [0.717, 1.165) is 25.8 Å². The number of carbonyl (C=O) groups is 1. The van der Waals surface area contributed by atoms with Gasteiger partial charge in [0.2, 0.25) is 5.91 Å². The molecule has 0 aliphatic heterocycles. The summed E-state index contributed by atoms with van der Waals surface area (Å²) in [6.45, 7) is 0.569. The van der Waals surface area contributed by atoms with Gasteiger partial charge in [-0.2, -0.15) is 0 Å². The lowest BCUT2D eigenvalue weighted by atomic mass is 10.1. The Kier molecular flexibility index (Phi) is 3.89. The zero-order valence-corrected chi connectivity index (χ0v) is 13.1. The van der Waals surface area contributed by atoms with Gasteiger partial charge in [-0.25, -0.2) is 0 Å². The fraction of sp³-hybridized carbons (Fsp3) is 0.133. The van der Waals surface area contributed by atoms with Gasteiger partial charge in [-0.05, 0) is 39.0 Å². The summed E-state index contributed by atoms with van der Waals surface area (Å²) >= 11 is 5.10. The monoisotopic (exact) mass is 348 g/mol. The van der Waals surface area contributed by atoms with Crippen molar-refractivity contribution in [3.05, 3.63) is 56.8 Å². The second-order valence-corrected chi connectivity index (χ2v) is 6.36. The molecular formula is C15H13BrN2OS. The van der Waals surface area contributed by atoms with Crippen LogP contribution in [0.3, 0.4) is 0 Å². The maximum absolute atomic E-state index is 12.0. The lowest BCUT2D eigenvalue weighted by molar-refractivity contribution is -0.120. The molecule has 20 heavy (non-hydrogen) atoms. The number of H-pyrrole nitrogens is 1. The molecule has 0 spiro atoms. The van der Waals surface area contributed by atoms with E-state index < -0.39 is 0 Å². The molecule has 0 unspecified atom stereocenters. The summed E-state index contributed by atoms with van der Waals surface area (Å²) in [4.78, 5) is 16.3. The summed E-state index contributed by atoms with van der Waals surface area (Å²) in [7, 11) is 0. The number of amides is 1. The third-order valence-corrected chi connectivity index (χ3v) is 5.09. The molecule has 2 heterocycles. The van der Waals surface area contributed by atoms with Crippen LogP contribution in [0, 0.1) is 0 Å². The summed E-state index contributed by atoms with van der Waals surface area (Å²) in [5.41, 5.74) is 2.10. The van der Waals surface area contributed by atoms with Crippen molar-refractivity contribution in [3.8, 4) is 0 Å². The number of nitrogens with one attached hydrogen (secondary N) is 2. The van der Waals surface area contributed by atoms with Gasteiger partial charge in [0.1, 0.15) is 0 Å². The van der Waals surface area contributed by atoms with Gasteiger partial charge in [-0.15, -0.1) is 11.3 Å². The molecule has 2 aromatic heterocycles. The van der Waals surface area contributed by atoms with Crippen molar-refractivity contribution in [2.45, 2.75) is 13.0 Å². The number of aromatic nitrogens is 1. The SMILES string of the molecule is O=C(Cc1c[nH]c2ccccc12)NCc1sccc1Br. The van der Waals surface area contributed by atoms with Crippen molar-refractivity contribution in [3.63, 3.8) is 0 Å². The molecule has 2 N–H and O–H groups in total. The van der Waals surface area contributed by atoms with Crippen molar-refractivity contribution in [1.29, 1.82) is 0 Å². The van der Waals surface area contributed by atoms with Crippen molar-refractivity contribution >= 4 is 44.1 Å². The second kappa shape index (κ2) is 5.81. The number of aromatic amines is 1. The molecule has 0 saturated carbocycles. The van der Waals surface area contributed by atoms with Gasteiger partial charge in [-0.1, -0.05) is 18.2 Å². The zero-order chi connectivity index (χ0) is 13.9. The number of halogens is 1. The fourth-order valence-corrected chi connectivity index (χ4v) is 3.58. The van der Waals surface area contributed by atoms with Crippen molar-refractivity contribution in [2.75, 3.05) is 0 Å². The Morgan fingerprint density at radius 2 is 2.15 bits per heavy atom. The molecule has 0 aliphatic carbocycles. The average Bonchev–Trinajstić information content (AvgIpc) is 3.04. The molecule has 0 saturated heterocycles. The highest BCUT2D eigenvalue weighted by Crippen LogP contribution is 2.22. The van der Waals surface area contributed by atoms with E-state index in [1.165, 1.54) is 0 Å². The van der Waals surface area contributed by atoms with E-state index in [9.17, 15) is 4.79 Å². The predicted molar refractivity (Wildman–Crippen MR) is 85.9 cm³/mol. The molecule has 0 fully saturated rings. The Morgan fingerprint density at radius 1 is 1.30 bits per heavy atom. The van der Waals surface area contributed by atoms with Crippen LogP contribution < -0.4 is 5.32 Å². The Morgan fingerprint density at radius 3 is 2.95 bits per heavy atom. The number of hydrogen-bond donors (Lipinski definition) is 2. The Balaban J connectivity index is 1.66. The smallest absolute Gasteiger partial charge is 0.224 e. The first-order chi connectivity index (χ1) is 9.74. The molecule has 0 bridgehead atoms. The van der Waals surface area contributed by atoms with E-state index in [-0.39, 0.29) is 5.91 Å². The van der Waals surface area contributed by atoms with E-state index in [1.807, 2.05) is 41.9 Å². The largest absolute Gasteiger partial charge is 0.361 e. The Labute approximate surface area is 129 Å². The summed E-state index contributed by atoms with van der Waals surface area (Å²) in [5, 5.41) is 6.07. The summed E-state index contributed by atoms with van der Waals surface area (Å²) in [6, 6.07) is 10.0. The van der Waals surface area contributed by atoms with Crippen LogP contribution in [-0.2, 0) is 17.8 Å². The molecule has 0 atom stereocenters. The van der Waals surface area contributed by atoms with Crippen molar-refractivity contribution in [1.82, 2.24) is 10.3 Å². The third-order valence-electron chi connectivity index (χ3n) is 3.16. The summed E-state index contributed by atoms with van der Waals surface area (Å²) in [6.07, 6.45) is 2.30. The van der Waals surface area contributed by atoms with Crippen LogP contribution in [0.2, 0.25) is 0 Å². The summed E-state index contributed by atoms with van der Waals surface area (Å²) < 4.78 is 1.05. The predicted octanol–water partition coefficient (Wildman–Crippen LogP) is 3.85. The van der Waals surface area contributed by atoms with Crippen LogP contribution in [-0.4, -0.2) is 10.9 Å². The topological polar surface area (TPSA) is 44.9 Å². The maximum atomic E-state index is 12.0. The van der Waals surface area contributed by atoms with Gasteiger partial charge >= 0.3 is 0 Å². The standard InChI is InChI=1S/C15H13BrN2OS/c16-12-5-6-20-14(12)9-18-15(19)7-10-8-17-13-4-2-1-3-11(10)13/h1-6,8,17H,7,9H2,(H,18,19). The van der Waals surface area contributed by atoms with Crippen LogP contribution >= 0.6 is 27.3 Å². The number of benzene rings is 1. The van der Waals surface area contributed by atoms with Crippen LogP contribution in [0.1, 0.15) is 10.4 Å². The van der Waals surface area contributed by atoms with Crippen LogP contribution in [0.5, 0.6) is 0 Å². The van der Waals surface area contributed by atoms with E-state index in [4.69, 9.17) is 0 Å². The number of fused-ring (bicyclic) bond motifs is 1. The minimum absolute atomic E-state index is 0.0371. The van der Waals surface area contributed by atoms with Crippen LogP contribution in [0.25, 0.3) is 10.9 Å². The number of rotatable bonds is 4. The molecular weight excluding hydrogens is 336 g/mol. The van der Waals surface area contributed by atoms with Crippen molar-refractivity contribution in [2.24, 2.45) is 0 Å². The lowest BCUT2D eigenvalue weighted by Gasteiger charge is -2.04. The number of para-hydroxylation sites is 1. The normalized spacial score (nSPS) is 10.8. The van der Waals surface area contributed by atoms with Gasteiger partial charge in [-0.3, -0.25) is 4.79 Å². The van der Waals surface area contributed by atoms with Gasteiger partial charge in [0, 0.05) is 26.4 Å². The maximum Gasteiger partial charge on any atom is 0.224 e. The van der Waals surface area contributed by atoms with E-state index in [2.05, 4.69) is 26.2 Å². The highest BCUT2D eigenvalue weighted by Gasteiger charge is 2.09.